The Balaban J connectivity index is 1.66. The number of hydrogen-bond donors (Lipinski definition) is 0. The highest BCUT2D eigenvalue weighted by molar-refractivity contribution is 6.74. The first-order valence-corrected chi connectivity index (χ1v) is 21.7. The van der Waals surface area contributed by atoms with E-state index in [0.717, 1.165) is 32.3 Å². The molecule has 6 heteroatoms. The molecule has 0 amide bonds. The number of allylic oxidation sites excluding steroid dienone is 3. The Morgan fingerprint density at radius 3 is 2.03 bits per heavy atom. The normalized spacial score (nSPS) is 31.2. The Kier molecular flexibility index (Phi) is 12.6. The van der Waals surface area contributed by atoms with Crippen LogP contribution in [0.2, 0.25) is 36.3 Å². The molecule has 3 rings (SSSR count). The van der Waals surface area contributed by atoms with Crippen LogP contribution in [0, 0.1) is 17.8 Å². The van der Waals surface area contributed by atoms with Crippen molar-refractivity contribution in [2.24, 2.45) is 17.8 Å². The molecule has 3 aliphatic rings. The molecule has 1 aliphatic heterocycles. The van der Waals surface area contributed by atoms with Gasteiger partial charge in [-0.25, -0.2) is 0 Å². The first-order chi connectivity index (χ1) is 18.6. The molecule has 1 heterocycles. The van der Waals surface area contributed by atoms with E-state index >= 15 is 0 Å². The number of rotatable bonds is 15. The van der Waals surface area contributed by atoms with E-state index in [9.17, 15) is 0 Å². The Morgan fingerprint density at radius 1 is 0.846 bits per heavy atom. The second kappa shape index (κ2) is 14.8. The average molecular weight is 579 g/mol. The maximum Gasteiger partial charge on any atom is 0.192 e. The number of ether oxygens (including phenoxy) is 2. The summed E-state index contributed by atoms with van der Waals surface area (Å²) in [5.41, 5.74) is 1.54. The third-order valence-electron chi connectivity index (χ3n) is 10.7. The van der Waals surface area contributed by atoms with Crippen LogP contribution in [0.3, 0.4) is 0 Å². The SMILES string of the molecule is CC[Si](CC)(CC)OCC[C@H]1C[C@@H](CC[C@@H]2[C@@H]3C(=CCCC3O[Si](CC)(CC)CC)C=C[C@@H]2C)OC(C)(C)O1. The fourth-order valence-electron chi connectivity index (χ4n) is 7.69. The van der Waals surface area contributed by atoms with Crippen LogP contribution < -0.4 is 0 Å². The van der Waals surface area contributed by atoms with E-state index in [2.05, 4.69) is 80.5 Å². The molecular weight excluding hydrogens is 517 g/mol. The molecule has 1 unspecified atom stereocenters. The zero-order valence-electron chi connectivity index (χ0n) is 27.0. The summed E-state index contributed by atoms with van der Waals surface area (Å²) < 4.78 is 26.7. The van der Waals surface area contributed by atoms with Crippen molar-refractivity contribution in [1.82, 2.24) is 0 Å². The second-order valence-corrected chi connectivity index (χ2v) is 22.7. The molecule has 6 atom stereocenters. The summed E-state index contributed by atoms with van der Waals surface area (Å²) in [6.45, 7) is 21.4. The summed E-state index contributed by atoms with van der Waals surface area (Å²) in [5.74, 6) is 1.19. The molecule has 1 saturated heterocycles. The molecule has 0 bridgehead atoms. The summed E-state index contributed by atoms with van der Waals surface area (Å²) in [5, 5.41) is 0. The summed E-state index contributed by atoms with van der Waals surface area (Å²) >= 11 is 0. The molecule has 0 spiro atoms. The van der Waals surface area contributed by atoms with Gasteiger partial charge in [-0.1, -0.05) is 66.7 Å². The van der Waals surface area contributed by atoms with Crippen LogP contribution in [-0.2, 0) is 18.3 Å². The monoisotopic (exact) mass is 578 g/mol. The van der Waals surface area contributed by atoms with Crippen LogP contribution in [0.15, 0.2) is 23.8 Å². The minimum Gasteiger partial charge on any atom is -0.417 e. The molecule has 39 heavy (non-hydrogen) atoms. The van der Waals surface area contributed by atoms with E-state index in [4.69, 9.17) is 18.3 Å². The van der Waals surface area contributed by atoms with Gasteiger partial charge >= 0.3 is 0 Å². The van der Waals surface area contributed by atoms with Gasteiger partial charge in [0.05, 0.1) is 18.3 Å². The second-order valence-electron chi connectivity index (χ2n) is 13.2. The maximum absolute atomic E-state index is 7.22. The Bertz CT molecular complexity index is 785. The Morgan fingerprint density at radius 2 is 1.44 bits per heavy atom. The first kappa shape index (κ1) is 33.3. The predicted molar refractivity (Wildman–Crippen MR) is 170 cm³/mol. The average Bonchev–Trinajstić information content (AvgIpc) is 2.93. The summed E-state index contributed by atoms with van der Waals surface area (Å²) in [7, 11) is -3.21. The minimum atomic E-state index is -1.65. The number of fused-ring (bicyclic) bond motifs is 1. The van der Waals surface area contributed by atoms with E-state index in [1.54, 1.807) is 5.57 Å². The van der Waals surface area contributed by atoms with Crippen LogP contribution in [0.1, 0.15) is 101 Å². The van der Waals surface area contributed by atoms with Crippen molar-refractivity contribution >= 4 is 16.6 Å². The largest absolute Gasteiger partial charge is 0.417 e. The first-order valence-electron chi connectivity index (χ1n) is 16.6. The zero-order chi connectivity index (χ0) is 28.7. The zero-order valence-corrected chi connectivity index (χ0v) is 29.0. The van der Waals surface area contributed by atoms with Crippen LogP contribution in [0.4, 0.5) is 0 Å². The van der Waals surface area contributed by atoms with Gasteiger partial charge in [-0.05, 0) is 99.6 Å². The summed E-state index contributed by atoms with van der Waals surface area (Å²) in [4.78, 5) is 0. The summed E-state index contributed by atoms with van der Waals surface area (Å²) in [6, 6.07) is 7.30. The minimum absolute atomic E-state index is 0.214. The predicted octanol–water partition coefficient (Wildman–Crippen LogP) is 9.64. The molecule has 226 valence electrons. The van der Waals surface area contributed by atoms with Crippen molar-refractivity contribution in [3.63, 3.8) is 0 Å². The Hall–Kier alpha value is -0.246. The molecule has 0 aromatic carbocycles. The third kappa shape index (κ3) is 8.41. The van der Waals surface area contributed by atoms with Crippen molar-refractivity contribution in [2.75, 3.05) is 6.61 Å². The highest BCUT2D eigenvalue weighted by Crippen LogP contribution is 2.46. The molecule has 0 aromatic heterocycles. The van der Waals surface area contributed by atoms with Crippen LogP contribution in [0.25, 0.3) is 0 Å². The topological polar surface area (TPSA) is 36.9 Å². The third-order valence-corrected chi connectivity index (χ3v) is 20.1. The molecule has 0 N–H and O–H groups in total. The van der Waals surface area contributed by atoms with Gasteiger partial charge in [-0.15, -0.1) is 0 Å². The molecule has 0 aromatic rings. The molecule has 4 nitrogen and oxygen atoms in total. The van der Waals surface area contributed by atoms with Gasteiger partial charge in [-0.2, -0.15) is 0 Å². The van der Waals surface area contributed by atoms with Crippen molar-refractivity contribution in [2.45, 2.75) is 161 Å². The van der Waals surface area contributed by atoms with E-state index in [-0.39, 0.29) is 12.2 Å². The van der Waals surface area contributed by atoms with Gasteiger partial charge in [0.2, 0.25) is 0 Å². The molecule has 1 fully saturated rings. The lowest BCUT2D eigenvalue weighted by Gasteiger charge is -2.46. The highest BCUT2D eigenvalue weighted by atomic mass is 28.4. The van der Waals surface area contributed by atoms with Gasteiger partial charge in [0.1, 0.15) is 0 Å². The maximum atomic E-state index is 7.22. The standard InChI is InChI=1S/C33H62O4Si2/c1-10-38(11-2,12-3)34-24-23-29-25-28(35-33(8,9)36-29)21-22-30-26(7)19-20-27-17-16-18-31(32(27)30)37-39(13-4,14-5)15-6/h17,19-20,26,28-32H,10-16,18,21-25H2,1-9H3/t26-,28+,29-,30-,31?,32-/m0/s1. The van der Waals surface area contributed by atoms with Crippen molar-refractivity contribution in [1.29, 1.82) is 0 Å². The molecule has 0 saturated carbocycles. The van der Waals surface area contributed by atoms with Gasteiger partial charge in [0.15, 0.2) is 22.4 Å². The van der Waals surface area contributed by atoms with E-state index < -0.39 is 22.4 Å². The van der Waals surface area contributed by atoms with Crippen molar-refractivity contribution in [3.8, 4) is 0 Å². The smallest absolute Gasteiger partial charge is 0.192 e. The quantitative estimate of drug-likeness (QED) is 0.181. The van der Waals surface area contributed by atoms with Gasteiger partial charge < -0.3 is 18.3 Å². The lowest BCUT2D eigenvalue weighted by atomic mass is 9.66. The van der Waals surface area contributed by atoms with E-state index in [1.807, 2.05) is 0 Å². The highest BCUT2D eigenvalue weighted by Gasteiger charge is 2.43. The fraction of sp³-hybridized carbons (Fsp3) is 0.879. The number of hydrogen-bond acceptors (Lipinski definition) is 4. The molecule has 0 radical (unpaired) electrons. The van der Waals surface area contributed by atoms with Gasteiger partial charge in [0.25, 0.3) is 0 Å². The van der Waals surface area contributed by atoms with Gasteiger partial charge in [0, 0.05) is 18.9 Å². The van der Waals surface area contributed by atoms with Crippen LogP contribution in [0.5, 0.6) is 0 Å². The molecular formula is C33H62O4Si2. The van der Waals surface area contributed by atoms with Crippen molar-refractivity contribution in [3.05, 3.63) is 23.8 Å². The van der Waals surface area contributed by atoms with Crippen molar-refractivity contribution < 1.29 is 18.3 Å². The summed E-state index contributed by atoms with van der Waals surface area (Å²) in [6.07, 6.45) is 14.8. The fourth-order valence-corrected chi connectivity index (χ4v) is 13.3. The van der Waals surface area contributed by atoms with Crippen LogP contribution in [-0.4, -0.2) is 47.3 Å². The lowest BCUT2D eigenvalue weighted by molar-refractivity contribution is -0.302. The van der Waals surface area contributed by atoms with E-state index in [0.29, 0.717) is 23.9 Å². The van der Waals surface area contributed by atoms with Crippen LogP contribution >= 0.6 is 0 Å². The Labute approximate surface area is 243 Å². The van der Waals surface area contributed by atoms with E-state index in [1.165, 1.54) is 49.1 Å². The van der Waals surface area contributed by atoms with Gasteiger partial charge in [-0.3, -0.25) is 0 Å². The molecule has 2 aliphatic carbocycles. The lowest BCUT2D eigenvalue weighted by Crippen LogP contribution is -2.47.